The van der Waals surface area contributed by atoms with Crippen molar-refractivity contribution in [1.82, 2.24) is 19.8 Å². The smallest absolute Gasteiger partial charge is 0.301 e. The van der Waals surface area contributed by atoms with Crippen LogP contribution in [-0.2, 0) is 47.2 Å². The van der Waals surface area contributed by atoms with Gasteiger partial charge < -0.3 is 9.80 Å². The summed E-state index contributed by atoms with van der Waals surface area (Å²) in [6.45, 7) is 3.33. The molecule has 0 atom stereocenters. The molecule has 5 heterocycles. The maximum Gasteiger partial charge on any atom is 2.00 e. The first-order valence-corrected chi connectivity index (χ1v) is 27.5. The van der Waals surface area contributed by atoms with Crippen LogP contribution in [0.2, 0.25) is 0 Å². The molecule has 0 spiro atoms. The maximum absolute atomic E-state index is 5.62. The van der Waals surface area contributed by atoms with E-state index in [1.165, 1.54) is 44.2 Å². The molecule has 7 aromatic rings. The number of hydrogen-bond acceptors (Lipinski definition) is 6. The second-order valence-electron chi connectivity index (χ2n) is 19.2. The van der Waals surface area contributed by atoms with Crippen molar-refractivity contribution in [3.05, 3.63) is 317 Å². The van der Waals surface area contributed by atoms with E-state index in [1.54, 1.807) is 11.3 Å². The molecule has 0 N–H and O–H groups in total. The number of aromatic nitrogens is 2. The van der Waals surface area contributed by atoms with Crippen LogP contribution >= 0.6 is 22.7 Å². The SMILES string of the molecule is CN(C[C]1[CH][CH][CH][C]1c1c2nc(c(-c3ccccc3)c3ccc(s3)c(-c3ccccc3)c3nc(c([C]4[CH][CH][CH][C]4CN(C)Cc4ccccc4)c4ccc1s4)C=C3)C=C2)Cc1ccccc1.[CH]1[CH][CH][CH][CH]1.[CH]1[CH][CH][CH][CH]1.[Fe+2].[Fe+2]. The minimum absolute atomic E-state index is 0. The van der Waals surface area contributed by atoms with Gasteiger partial charge in [0.15, 0.2) is 0 Å². The fraction of sp³-hybridized carbons (Fsp3) is 0.0857. The molecule has 4 fully saturated rings. The summed E-state index contributed by atoms with van der Waals surface area (Å²) in [6, 6.07) is 52.1. The zero-order valence-corrected chi connectivity index (χ0v) is 47.4. The van der Waals surface area contributed by atoms with Crippen molar-refractivity contribution >= 4 is 65.8 Å². The third-order valence-electron chi connectivity index (χ3n) is 13.6. The summed E-state index contributed by atoms with van der Waals surface area (Å²) in [7, 11) is 4.42. The molecule has 6 aliphatic rings. The predicted octanol–water partition coefficient (Wildman–Crippen LogP) is 16.0. The Morgan fingerprint density at radius 3 is 0.949 bits per heavy atom. The van der Waals surface area contributed by atoms with Crippen molar-refractivity contribution in [1.29, 1.82) is 0 Å². The van der Waals surface area contributed by atoms with Gasteiger partial charge in [0.05, 0.1) is 22.8 Å². The summed E-state index contributed by atoms with van der Waals surface area (Å²) in [5.74, 6) is 4.98. The van der Waals surface area contributed by atoms with E-state index < -0.39 is 0 Å². The van der Waals surface area contributed by atoms with E-state index in [4.69, 9.17) is 9.97 Å². The van der Waals surface area contributed by atoms with Gasteiger partial charge in [-0.2, -0.15) is 0 Å². The first-order valence-electron chi connectivity index (χ1n) is 25.9. The normalized spacial score (nSPS) is 16.5. The Morgan fingerprint density at radius 2 is 0.615 bits per heavy atom. The van der Waals surface area contributed by atoms with E-state index in [0.29, 0.717) is 0 Å². The van der Waals surface area contributed by atoms with Crippen molar-refractivity contribution in [3.8, 4) is 22.3 Å². The molecular weight excluding hydrogens is 1070 g/mol. The van der Waals surface area contributed by atoms with Crippen LogP contribution in [0.1, 0.15) is 45.0 Å². The number of hydrogen-bond donors (Lipinski definition) is 0. The van der Waals surface area contributed by atoms with Gasteiger partial charge in [0, 0.05) is 90.9 Å². The molecule has 0 unspecified atom stereocenters. The Balaban J connectivity index is 0.000000556. The van der Waals surface area contributed by atoms with Gasteiger partial charge in [-0.15, -0.1) is 22.7 Å². The fourth-order valence-electron chi connectivity index (χ4n) is 10.1. The topological polar surface area (TPSA) is 32.3 Å². The van der Waals surface area contributed by atoms with Crippen molar-refractivity contribution in [2.24, 2.45) is 0 Å². The second kappa shape index (κ2) is 28.6. The van der Waals surface area contributed by atoms with E-state index in [-0.39, 0.29) is 34.1 Å². The number of rotatable bonds is 12. The molecule has 3 aromatic heterocycles. The van der Waals surface area contributed by atoms with Crippen molar-refractivity contribution < 1.29 is 34.1 Å². The molecule has 8 heteroatoms. The Kier molecular flexibility index (Phi) is 21.3. The van der Waals surface area contributed by atoms with Crippen LogP contribution in [0.3, 0.4) is 0 Å². The number of nitrogens with zero attached hydrogens (tertiary/aromatic N) is 4. The molecule has 4 aromatic carbocycles. The van der Waals surface area contributed by atoms with Crippen molar-refractivity contribution in [3.63, 3.8) is 0 Å². The molecule has 13 rings (SSSR count). The molecule has 4 aliphatic carbocycles. The number of benzene rings is 4. The Hall–Kier alpha value is -4.72. The summed E-state index contributed by atoms with van der Waals surface area (Å²) < 4.78 is 4.68. The van der Waals surface area contributed by atoms with Gasteiger partial charge >= 0.3 is 34.1 Å². The van der Waals surface area contributed by atoms with Crippen LogP contribution < -0.4 is 0 Å². The zero-order valence-electron chi connectivity index (χ0n) is 43.5. The molecule has 382 valence electrons. The van der Waals surface area contributed by atoms with Gasteiger partial charge in [-0.05, 0) is 188 Å². The average Bonchev–Trinajstić information content (AvgIpc) is 4.32. The molecule has 4 saturated carbocycles. The van der Waals surface area contributed by atoms with Crippen LogP contribution in [0, 0.1) is 126 Å². The number of thiophene rings is 2. The first kappa shape index (κ1) is 57.9. The summed E-state index contributed by atoms with van der Waals surface area (Å²) in [4.78, 5) is 16.1. The van der Waals surface area contributed by atoms with Crippen LogP contribution in [0.5, 0.6) is 0 Å². The largest absolute Gasteiger partial charge is 2.00 e. The third kappa shape index (κ3) is 14.2. The first-order chi connectivity index (χ1) is 37.5. The molecule has 8 bridgehead atoms. The third-order valence-corrected chi connectivity index (χ3v) is 15.8. The van der Waals surface area contributed by atoms with E-state index in [9.17, 15) is 0 Å². The Bertz CT molecular complexity index is 3010. The summed E-state index contributed by atoms with van der Waals surface area (Å²) in [5, 5.41) is 0. The second-order valence-corrected chi connectivity index (χ2v) is 21.3. The molecule has 4 nitrogen and oxygen atoms in total. The predicted molar refractivity (Wildman–Crippen MR) is 322 cm³/mol. The molecule has 20 radical (unpaired) electrons. The van der Waals surface area contributed by atoms with Gasteiger partial charge in [0.25, 0.3) is 0 Å². The average molecular weight is 1130 g/mol. The van der Waals surface area contributed by atoms with Gasteiger partial charge in [-0.3, -0.25) is 0 Å². The van der Waals surface area contributed by atoms with Gasteiger partial charge in [0.2, 0.25) is 0 Å². The van der Waals surface area contributed by atoms with Gasteiger partial charge in [-0.1, -0.05) is 121 Å². The van der Waals surface area contributed by atoms with E-state index in [2.05, 4.69) is 232 Å². The Labute approximate surface area is 495 Å². The quantitative estimate of drug-likeness (QED) is 0.114. The Morgan fingerprint density at radius 1 is 0.321 bits per heavy atom. The van der Waals surface area contributed by atoms with E-state index >= 15 is 0 Å². The summed E-state index contributed by atoms with van der Waals surface area (Å²) in [5.41, 5.74) is 13.3. The minimum Gasteiger partial charge on any atom is -0.301 e. The van der Waals surface area contributed by atoms with Crippen LogP contribution in [0.4, 0.5) is 0 Å². The van der Waals surface area contributed by atoms with E-state index in [0.717, 1.165) is 91.7 Å². The van der Waals surface area contributed by atoms with Crippen LogP contribution in [0.25, 0.3) is 65.4 Å². The molecule has 2 aliphatic heterocycles. The molecular formula is C70H58Fe2N4S2+4. The summed E-state index contributed by atoms with van der Waals surface area (Å²) >= 11 is 3.64. The van der Waals surface area contributed by atoms with Crippen molar-refractivity contribution in [2.75, 3.05) is 27.2 Å². The zero-order chi connectivity index (χ0) is 51.5. The van der Waals surface area contributed by atoms with E-state index in [1.807, 2.05) is 75.5 Å². The molecule has 0 amide bonds. The van der Waals surface area contributed by atoms with Crippen LogP contribution in [-0.4, -0.2) is 47.0 Å². The molecule has 78 heavy (non-hydrogen) atoms. The maximum atomic E-state index is 5.62. The van der Waals surface area contributed by atoms with Crippen LogP contribution in [0.15, 0.2) is 146 Å². The van der Waals surface area contributed by atoms with Crippen molar-refractivity contribution in [2.45, 2.75) is 13.1 Å². The standard InChI is InChI=1S/C60H48N4S2.2C5H5.2Fe/c1-63(37-41-17-7-3-8-18-41)39-45-25-15-27-47(45)59-51-31-29-49(61-51)57(43-21-11-5-12-22-43)53-33-34-54(65-53)58(44-23-13-6-14-24-44)50-30-32-52(62-50)60(56-36-35-55(59)66-56)48-28-16-26-46(48)40-64(2)38-42-19-9-4-10-20-42;2*1-2-4-5-3-1;;/h3-36H,37-40H2,1-2H3;2*1-5H;;/q;;;2*+2. The monoisotopic (exact) mass is 1130 g/mol. The van der Waals surface area contributed by atoms with Gasteiger partial charge in [-0.25, -0.2) is 9.97 Å². The number of fused-ring (bicyclic) bond motifs is 8. The molecule has 0 saturated heterocycles. The summed E-state index contributed by atoms with van der Waals surface area (Å²) in [6.07, 6.45) is 42.5. The van der Waals surface area contributed by atoms with Gasteiger partial charge in [0.1, 0.15) is 0 Å². The fourth-order valence-corrected chi connectivity index (χ4v) is 12.4. The minimum atomic E-state index is 0.